The Morgan fingerprint density at radius 1 is 1.48 bits per heavy atom. The number of rotatable bonds is 5. The second kappa shape index (κ2) is 6.48. The van der Waals surface area contributed by atoms with Crippen LogP contribution in [0.5, 0.6) is 5.75 Å². The fraction of sp³-hybridized carbons (Fsp3) is 0.588. The van der Waals surface area contributed by atoms with E-state index in [0.29, 0.717) is 5.92 Å². The summed E-state index contributed by atoms with van der Waals surface area (Å²) in [5, 5.41) is 9.40. The highest BCUT2D eigenvalue weighted by molar-refractivity contribution is 5.73. The maximum absolute atomic E-state index is 11.5. The van der Waals surface area contributed by atoms with E-state index in [1.54, 1.807) is 7.11 Å². The first-order valence-electron chi connectivity index (χ1n) is 7.45. The van der Waals surface area contributed by atoms with Gasteiger partial charge in [-0.2, -0.15) is 0 Å². The summed E-state index contributed by atoms with van der Waals surface area (Å²) < 4.78 is 11.3. The van der Waals surface area contributed by atoms with Crippen molar-refractivity contribution in [3.8, 4) is 5.75 Å². The number of carboxylic acids is 1. The van der Waals surface area contributed by atoms with Crippen LogP contribution in [0.2, 0.25) is 0 Å². The van der Waals surface area contributed by atoms with Crippen LogP contribution in [0.15, 0.2) is 18.2 Å². The predicted octanol–water partition coefficient (Wildman–Crippen LogP) is 3.58. The zero-order valence-electron chi connectivity index (χ0n) is 13.1. The topological polar surface area (TPSA) is 55.8 Å². The number of carboxylic acid groups (broad SMARTS) is 1. The summed E-state index contributed by atoms with van der Waals surface area (Å²) in [4.78, 5) is 11.5. The molecule has 1 aliphatic heterocycles. The summed E-state index contributed by atoms with van der Waals surface area (Å²) in [7, 11) is 1.63. The van der Waals surface area contributed by atoms with Crippen LogP contribution in [0.3, 0.4) is 0 Å². The molecule has 1 saturated heterocycles. The van der Waals surface area contributed by atoms with Gasteiger partial charge in [0.25, 0.3) is 0 Å². The van der Waals surface area contributed by atoms with E-state index in [1.807, 2.05) is 25.1 Å². The highest BCUT2D eigenvalue weighted by atomic mass is 16.5. The van der Waals surface area contributed by atoms with Crippen molar-refractivity contribution in [2.24, 2.45) is 11.8 Å². The molecule has 21 heavy (non-hydrogen) atoms. The average Bonchev–Trinajstić information content (AvgIpc) is 2.81. The molecule has 3 atom stereocenters. The van der Waals surface area contributed by atoms with Gasteiger partial charge in [-0.3, -0.25) is 0 Å². The molecule has 1 fully saturated rings. The molecule has 0 radical (unpaired) electrons. The summed E-state index contributed by atoms with van der Waals surface area (Å²) in [5.74, 6) is 0.416. The van der Waals surface area contributed by atoms with E-state index in [2.05, 4.69) is 13.8 Å². The van der Waals surface area contributed by atoms with Gasteiger partial charge in [0, 0.05) is 5.56 Å². The van der Waals surface area contributed by atoms with Gasteiger partial charge in [0.15, 0.2) is 6.10 Å². The Balaban J connectivity index is 2.28. The van der Waals surface area contributed by atoms with E-state index in [0.717, 1.165) is 29.7 Å². The van der Waals surface area contributed by atoms with Crippen molar-refractivity contribution < 1.29 is 19.4 Å². The Labute approximate surface area is 126 Å². The molecule has 0 bridgehead atoms. The molecule has 116 valence electrons. The number of hydrogen-bond donors (Lipinski definition) is 1. The Kier molecular flexibility index (Phi) is 4.88. The third-order valence-electron chi connectivity index (χ3n) is 4.10. The Morgan fingerprint density at radius 2 is 2.19 bits per heavy atom. The number of hydrogen-bond acceptors (Lipinski definition) is 3. The molecule has 1 aromatic rings. The molecule has 0 aromatic heterocycles. The third-order valence-corrected chi connectivity index (χ3v) is 4.10. The molecule has 0 saturated carbocycles. The zero-order valence-corrected chi connectivity index (χ0v) is 13.1. The minimum absolute atomic E-state index is 0.0526. The SMILES string of the molecule is COc1cccc(C)c1C1C[C@@H](CC(C)C)[C@H](C(=O)O)O1. The standard InChI is InChI=1S/C17H24O4/c1-10(2)8-12-9-14(21-16(12)17(18)19)15-11(3)6-5-7-13(15)20-4/h5-7,10,12,14,16H,8-9H2,1-4H3,(H,18,19)/t12-,14?,16-/m1/s1. The van der Waals surface area contributed by atoms with Gasteiger partial charge in [-0.1, -0.05) is 26.0 Å². The van der Waals surface area contributed by atoms with E-state index in [1.165, 1.54) is 0 Å². The molecule has 4 heteroatoms. The number of aliphatic carboxylic acids is 1. The lowest BCUT2D eigenvalue weighted by molar-refractivity contribution is -0.151. The predicted molar refractivity (Wildman–Crippen MR) is 80.5 cm³/mol. The van der Waals surface area contributed by atoms with E-state index in [-0.39, 0.29) is 12.0 Å². The molecule has 1 unspecified atom stereocenters. The molecule has 0 spiro atoms. The van der Waals surface area contributed by atoms with Crippen molar-refractivity contribution in [3.63, 3.8) is 0 Å². The fourth-order valence-corrected chi connectivity index (χ4v) is 3.26. The minimum Gasteiger partial charge on any atom is -0.496 e. The van der Waals surface area contributed by atoms with Gasteiger partial charge < -0.3 is 14.6 Å². The van der Waals surface area contributed by atoms with E-state index in [9.17, 15) is 9.90 Å². The van der Waals surface area contributed by atoms with Crippen molar-refractivity contribution in [2.75, 3.05) is 7.11 Å². The molecular weight excluding hydrogens is 268 g/mol. The van der Waals surface area contributed by atoms with E-state index >= 15 is 0 Å². The zero-order chi connectivity index (χ0) is 15.6. The Bertz CT molecular complexity index is 510. The number of ether oxygens (including phenoxy) is 2. The highest BCUT2D eigenvalue weighted by Gasteiger charge is 2.41. The summed E-state index contributed by atoms with van der Waals surface area (Å²) in [6.07, 6.45) is 0.672. The van der Waals surface area contributed by atoms with Gasteiger partial charge in [-0.05, 0) is 43.2 Å². The van der Waals surface area contributed by atoms with Crippen molar-refractivity contribution in [1.82, 2.24) is 0 Å². The first-order valence-corrected chi connectivity index (χ1v) is 7.45. The second-order valence-corrected chi connectivity index (χ2v) is 6.20. The molecule has 2 rings (SSSR count). The van der Waals surface area contributed by atoms with Crippen LogP contribution in [0.4, 0.5) is 0 Å². The molecule has 1 N–H and O–H groups in total. The van der Waals surface area contributed by atoms with Crippen LogP contribution < -0.4 is 4.74 Å². The summed E-state index contributed by atoms with van der Waals surface area (Å²) in [5.41, 5.74) is 2.06. The summed E-state index contributed by atoms with van der Waals surface area (Å²) in [6, 6.07) is 5.84. The lowest BCUT2D eigenvalue weighted by Crippen LogP contribution is -2.27. The second-order valence-electron chi connectivity index (χ2n) is 6.20. The molecular formula is C17H24O4. The summed E-state index contributed by atoms with van der Waals surface area (Å²) >= 11 is 0. The fourth-order valence-electron chi connectivity index (χ4n) is 3.26. The molecule has 1 heterocycles. The van der Waals surface area contributed by atoms with Gasteiger partial charge >= 0.3 is 5.97 Å². The molecule has 1 aliphatic rings. The summed E-state index contributed by atoms with van der Waals surface area (Å²) in [6.45, 7) is 6.23. The number of carbonyl (C=O) groups is 1. The maximum Gasteiger partial charge on any atom is 0.333 e. The van der Waals surface area contributed by atoms with Crippen LogP contribution in [0.25, 0.3) is 0 Å². The smallest absolute Gasteiger partial charge is 0.333 e. The first-order chi connectivity index (χ1) is 9.93. The lowest BCUT2D eigenvalue weighted by atomic mass is 9.88. The normalized spacial score (nSPS) is 25.3. The number of benzene rings is 1. The van der Waals surface area contributed by atoms with E-state index < -0.39 is 12.1 Å². The third kappa shape index (κ3) is 3.38. The van der Waals surface area contributed by atoms with Gasteiger partial charge in [0.05, 0.1) is 13.2 Å². The lowest BCUT2D eigenvalue weighted by Gasteiger charge is -2.17. The number of methoxy groups -OCH3 is 1. The van der Waals surface area contributed by atoms with Gasteiger partial charge in [-0.15, -0.1) is 0 Å². The van der Waals surface area contributed by atoms with E-state index in [4.69, 9.17) is 9.47 Å². The van der Waals surface area contributed by atoms with Crippen molar-refractivity contribution >= 4 is 5.97 Å². The van der Waals surface area contributed by atoms with Crippen LogP contribution >= 0.6 is 0 Å². The average molecular weight is 292 g/mol. The molecule has 1 aromatic carbocycles. The van der Waals surface area contributed by atoms with Crippen molar-refractivity contribution in [2.45, 2.75) is 45.8 Å². The Morgan fingerprint density at radius 3 is 2.76 bits per heavy atom. The molecule has 0 amide bonds. The highest BCUT2D eigenvalue weighted by Crippen LogP contribution is 2.44. The largest absolute Gasteiger partial charge is 0.496 e. The number of aryl methyl sites for hydroxylation is 1. The van der Waals surface area contributed by atoms with Gasteiger partial charge in [0.1, 0.15) is 5.75 Å². The first kappa shape index (κ1) is 15.8. The van der Waals surface area contributed by atoms with Crippen LogP contribution in [0, 0.1) is 18.8 Å². The molecule has 4 nitrogen and oxygen atoms in total. The Hall–Kier alpha value is -1.55. The minimum atomic E-state index is -0.865. The quantitative estimate of drug-likeness (QED) is 0.901. The monoisotopic (exact) mass is 292 g/mol. The van der Waals surface area contributed by atoms with Crippen molar-refractivity contribution in [3.05, 3.63) is 29.3 Å². The van der Waals surface area contributed by atoms with Gasteiger partial charge in [0.2, 0.25) is 0 Å². The van der Waals surface area contributed by atoms with Crippen LogP contribution in [-0.2, 0) is 9.53 Å². The maximum atomic E-state index is 11.5. The van der Waals surface area contributed by atoms with Crippen molar-refractivity contribution in [1.29, 1.82) is 0 Å². The molecule has 0 aliphatic carbocycles. The van der Waals surface area contributed by atoms with Crippen LogP contribution in [-0.4, -0.2) is 24.3 Å². The van der Waals surface area contributed by atoms with Gasteiger partial charge in [-0.25, -0.2) is 4.79 Å². The van der Waals surface area contributed by atoms with Crippen LogP contribution in [0.1, 0.15) is 43.9 Å².